The first-order valence-corrected chi connectivity index (χ1v) is 15.8. The second-order valence-electron chi connectivity index (χ2n) is 9.11. The van der Waals surface area contributed by atoms with Crippen LogP contribution in [0.5, 0.6) is 5.75 Å². The second-order valence-corrected chi connectivity index (χ2v) is 13.4. The highest BCUT2D eigenvalue weighted by Crippen LogP contribution is 2.30. The highest BCUT2D eigenvalue weighted by atomic mass is 35.5. The van der Waals surface area contributed by atoms with Gasteiger partial charge in [-0.25, -0.2) is 16.8 Å². The number of halogens is 1. The van der Waals surface area contributed by atoms with E-state index in [1.165, 1.54) is 38.9 Å². The lowest BCUT2D eigenvalue weighted by Gasteiger charge is -2.31. The first-order chi connectivity index (χ1) is 18.1. The van der Waals surface area contributed by atoms with Gasteiger partial charge in [-0.1, -0.05) is 23.7 Å². The molecule has 1 N–H and O–H groups in total. The Morgan fingerprint density at radius 1 is 1.00 bits per heavy atom. The van der Waals surface area contributed by atoms with Gasteiger partial charge in [-0.05, 0) is 55.7 Å². The normalized spacial score (nSPS) is 19.7. The van der Waals surface area contributed by atoms with Gasteiger partial charge in [-0.15, -0.1) is 0 Å². The average molecular weight is 586 g/mol. The highest BCUT2D eigenvalue weighted by Gasteiger charge is 2.33. The van der Waals surface area contributed by atoms with Gasteiger partial charge in [0.1, 0.15) is 5.75 Å². The Kier molecular flexibility index (Phi) is 9.32. The number of hydrogen-bond acceptors (Lipinski definition) is 7. The topological polar surface area (TPSA) is 122 Å². The van der Waals surface area contributed by atoms with Gasteiger partial charge < -0.3 is 14.8 Å². The first-order valence-electron chi connectivity index (χ1n) is 12.5. The monoisotopic (exact) mass is 585 g/mol. The van der Waals surface area contributed by atoms with E-state index in [-0.39, 0.29) is 33.8 Å². The Hall–Kier alpha value is -2.22. The van der Waals surface area contributed by atoms with Crippen molar-refractivity contribution in [2.24, 2.45) is 5.92 Å². The van der Waals surface area contributed by atoms with Crippen LogP contribution in [0.3, 0.4) is 0 Å². The van der Waals surface area contributed by atoms with Crippen molar-refractivity contribution in [1.29, 1.82) is 0 Å². The van der Waals surface area contributed by atoms with Crippen LogP contribution in [0.2, 0.25) is 5.02 Å². The van der Waals surface area contributed by atoms with E-state index in [9.17, 15) is 21.6 Å². The van der Waals surface area contributed by atoms with Crippen molar-refractivity contribution in [3.05, 3.63) is 53.1 Å². The molecule has 1 atom stereocenters. The molecule has 10 nitrogen and oxygen atoms in total. The number of carbonyl (C=O) groups is 1. The fourth-order valence-corrected chi connectivity index (χ4v) is 7.75. The molecule has 0 aromatic heterocycles. The summed E-state index contributed by atoms with van der Waals surface area (Å²) >= 11 is 6.19. The van der Waals surface area contributed by atoms with Crippen molar-refractivity contribution in [3.8, 4) is 5.75 Å². The third kappa shape index (κ3) is 6.49. The van der Waals surface area contributed by atoms with Gasteiger partial charge in [0, 0.05) is 32.7 Å². The quantitative estimate of drug-likeness (QED) is 0.480. The Balaban J connectivity index is 1.35. The predicted molar refractivity (Wildman–Crippen MR) is 142 cm³/mol. The van der Waals surface area contributed by atoms with Crippen LogP contribution in [0.4, 0.5) is 0 Å². The molecule has 2 fully saturated rings. The molecule has 208 valence electrons. The number of sulfonamides is 2. The standard InChI is InChI=1S/C25H32ClN3O7S2/c1-2-36-24-10-9-22(16-23(24)26)38(33,34)29-11-3-4-20(18-29)25(30)27-17-19-5-7-21(8-6-19)37(31,32)28-12-14-35-15-13-28/h5-10,16,20H,2-4,11-15,17-18H2,1H3,(H,27,30)/t20-/m0/s1. The van der Waals surface area contributed by atoms with Gasteiger partial charge in [0.15, 0.2) is 0 Å². The molecule has 13 heteroatoms. The summed E-state index contributed by atoms with van der Waals surface area (Å²) in [7, 11) is -7.42. The number of ether oxygens (including phenoxy) is 2. The average Bonchev–Trinajstić information content (AvgIpc) is 2.93. The SMILES string of the molecule is CCOc1ccc(S(=O)(=O)N2CCC[C@H](C(=O)NCc3ccc(S(=O)(=O)N4CCOCC4)cc3)C2)cc1Cl. The maximum atomic E-state index is 13.2. The minimum absolute atomic E-state index is 0.0548. The summed E-state index contributed by atoms with van der Waals surface area (Å²) < 4.78 is 65.3. The zero-order valence-electron chi connectivity index (χ0n) is 21.1. The van der Waals surface area contributed by atoms with E-state index in [2.05, 4.69) is 5.32 Å². The van der Waals surface area contributed by atoms with Crippen LogP contribution in [0.25, 0.3) is 0 Å². The van der Waals surface area contributed by atoms with Crippen LogP contribution in [0.1, 0.15) is 25.3 Å². The van der Waals surface area contributed by atoms with Crippen molar-refractivity contribution in [2.45, 2.75) is 36.1 Å². The molecule has 1 amide bonds. The molecule has 0 spiro atoms. The summed E-state index contributed by atoms with van der Waals surface area (Å²) in [5, 5.41) is 3.07. The molecule has 2 aromatic rings. The molecule has 0 aliphatic carbocycles. The number of carbonyl (C=O) groups excluding carboxylic acids is 1. The Morgan fingerprint density at radius 3 is 2.32 bits per heavy atom. The smallest absolute Gasteiger partial charge is 0.243 e. The molecule has 0 unspecified atom stereocenters. The summed E-state index contributed by atoms with van der Waals surface area (Å²) in [4.78, 5) is 13.1. The van der Waals surface area contributed by atoms with Crippen molar-refractivity contribution >= 4 is 37.6 Å². The van der Waals surface area contributed by atoms with Crippen LogP contribution in [0, 0.1) is 5.92 Å². The van der Waals surface area contributed by atoms with Gasteiger partial charge in [0.05, 0.1) is 40.6 Å². The predicted octanol–water partition coefficient (Wildman–Crippen LogP) is 2.48. The molecular formula is C25H32ClN3O7S2. The fraction of sp³-hybridized carbons (Fsp3) is 0.480. The first kappa shape index (κ1) is 28.8. The van der Waals surface area contributed by atoms with Crippen molar-refractivity contribution in [3.63, 3.8) is 0 Å². The number of rotatable bonds is 9. The molecular weight excluding hydrogens is 554 g/mol. The summed E-state index contributed by atoms with van der Waals surface area (Å²) in [5.41, 5.74) is 0.739. The van der Waals surface area contributed by atoms with Crippen LogP contribution in [-0.2, 0) is 36.1 Å². The lowest BCUT2D eigenvalue weighted by Crippen LogP contribution is -2.45. The molecule has 0 saturated carbocycles. The third-order valence-electron chi connectivity index (χ3n) is 6.59. The Bertz CT molecular complexity index is 1350. The number of amides is 1. The maximum Gasteiger partial charge on any atom is 0.243 e. The second kappa shape index (κ2) is 12.3. The molecule has 2 aromatic carbocycles. The Morgan fingerprint density at radius 2 is 1.66 bits per heavy atom. The summed E-state index contributed by atoms with van der Waals surface area (Å²) in [5.74, 6) is -0.340. The van der Waals surface area contributed by atoms with E-state index in [0.29, 0.717) is 58.0 Å². The molecule has 4 rings (SSSR count). The van der Waals surface area contributed by atoms with Crippen molar-refractivity contribution in [1.82, 2.24) is 13.9 Å². The molecule has 2 aliphatic rings. The lowest BCUT2D eigenvalue weighted by atomic mass is 9.99. The summed E-state index contributed by atoms with van der Waals surface area (Å²) in [6.07, 6.45) is 1.12. The van der Waals surface area contributed by atoms with E-state index in [1.807, 2.05) is 6.92 Å². The van der Waals surface area contributed by atoms with E-state index in [1.54, 1.807) is 12.1 Å². The number of nitrogens with zero attached hydrogens (tertiary/aromatic N) is 2. The van der Waals surface area contributed by atoms with Gasteiger partial charge in [-0.3, -0.25) is 4.79 Å². The molecule has 2 heterocycles. The largest absolute Gasteiger partial charge is 0.492 e. The number of morpholine rings is 1. The van der Waals surface area contributed by atoms with Crippen LogP contribution < -0.4 is 10.1 Å². The highest BCUT2D eigenvalue weighted by molar-refractivity contribution is 7.89. The Labute approximate surface area is 229 Å². The van der Waals surface area contributed by atoms with Crippen LogP contribution in [0.15, 0.2) is 52.3 Å². The maximum absolute atomic E-state index is 13.2. The molecule has 0 radical (unpaired) electrons. The molecule has 2 saturated heterocycles. The molecule has 0 bridgehead atoms. The van der Waals surface area contributed by atoms with Crippen LogP contribution in [-0.4, -0.2) is 77.4 Å². The third-order valence-corrected chi connectivity index (χ3v) is 10.7. The van der Waals surface area contributed by atoms with E-state index < -0.39 is 26.0 Å². The number of hydrogen-bond donors (Lipinski definition) is 1. The minimum Gasteiger partial charge on any atom is -0.492 e. The van der Waals surface area contributed by atoms with E-state index >= 15 is 0 Å². The van der Waals surface area contributed by atoms with Crippen molar-refractivity contribution < 1.29 is 31.1 Å². The molecule has 2 aliphatic heterocycles. The van der Waals surface area contributed by atoms with E-state index in [4.69, 9.17) is 21.1 Å². The molecule has 38 heavy (non-hydrogen) atoms. The van der Waals surface area contributed by atoms with E-state index in [0.717, 1.165) is 5.56 Å². The van der Waals surface area contributed by atoms with Gasteiger partial charge in [0.25, 0.3) is 0 Å². The van der Waals surface area contributed by atoms with Gasteiger partial charge in [-0.2, -0.15) is 8.61 Å². The number of nitrogens with one attached hydrogen (secondary N) is 1. The number of piperidine rings is 1. The summed E-state index contributed by atoms with van der Waals surface area (Å²) in [6, 6.07) is 10.8. The fourth-order valence-electron chi connectivity index (χ4n) is 4.49. The van der Waals surface area contributed by atoms with Crippen LogP contribution >= 0.6 is 11.6 Å². The number of benzene rings is 2. The lowest BCUT2D eigenvalue weighted by molar-refractivity contribution is -0.126. The zero-order chi connectivity index (χ0) is 27.3. The van der Waals surface area contributed by atoms with Crippen molar-refractivity contribution in [2.75, 3.05) is 46.0 Å². The minimum atomic E-state index is -3.83. The zero-order valence-corrected chi connectivity index (χ0v) is 23.5. The van der Waals surface area contributed by atoms with Gasteiger partial charge >= 0.3 is 0 Å². The van der Waals surface area contributed by atoms with Gasteiger partial charge in [0.2, 0.25) is 26.0 Å². The summed E-state index contributed by atoms with van der Waals surface area (Å²) in [6.45, 7) is 4.19.